The van der Waals surface area contributed by atoms with Crippen LogP contribution in [0.2, 0.25) is 0 Å². The molecule has 2 unspecified atom stereocenters. The normalized spacial score (nSPS) is 24.8. The highest BCUT2D eigenvalue weighted by atomic mass is 35.5. The molecule has 5 nitrogen and oxygen atoms in total. The highest BCUT2D eigenvalue weighted by Crippen LogP contribution is 2.34. The Balaban J connectivity index is 0.00000210. The molecule has 2 aromatic rings. The van der Waals surface area contributed by atoms with Crippen molar-refractivity contribution in [1.29, 1.82) is 0 Å². The zero-order valence-corrected chi connectivity index (χ0v) is 17.0. The molecule has 2 saturated heterocycles. The average Bonchev–Trinajstić information content (AvgIpc) is 2.82. The summed E-state index contributed by atoms with van der Waals surface area (Å²) in [6.07, 6.45) is 4.38. The number of hydrogen-bond acceptors (Lipinski definition) is 3. The van der Waals surface area contributed by atoms with Gasteiger partial charge in [0.1, 0.15) is 5.56 Å². The van der Waals surface area contributed by atoms with Crippen LogP contribution in [0, 0.1) is 0 Å². The van der Waals surface area contributed by atoms with E-state index in [0.29, 0.717) is 12.1 Å². The van der Waals surface area contributed by atoms with E-state index in [-0.39, 0.29) is 41.5 Å². The maximum atomic E-state index is 13.0. The number of rotatable bonds is 3. The van der Waals surface area contributed by atoms with Gasteiger partial charge in [0.2, 0.25) is 0 Å². The summed E-state index contributed by atoms with van der Waals surface area (Å²) in [6, 6.07) is 10.8. The molecular formula is C21H28ClN3O2. The number of pyridine rings is 1. The van der Waals surface area contributed by atoms with Gasteiger partial charge in [-0.25, -0.2) is 0 Å². The fourth-order valence-electron chi connectivity index (χ4n) is 4.75. The van der Waals surface area contributed by atoms with Gasteiger partial charge in [0.15, 0.2) is 0 Å². The van der Waals surface area contributed by atoms with Crippen molar-refractivity contribution in [2.24, 2.45) is 0 Å². The summed E-state index contributed by atoms with van der Waals surface area (Å²) in [4.78, 5) is 28.4. The number of hydrogen-bond donors (Lipinski definition) is 1. The van der Waals surface area contributed by atoms with E-state index in [9.17, 15) is 9.59 Å². The van der Waals surface area contributed by atoms with Gasteiger partial charge in [-0.05, 0) is 64.1 Å². The number of carbonyl (C=O) groups excluding carboxylic acids is 1. The number of piperidine rings is 1. The van der Waals surface area contributed by atoms with Gasteiger partial charge < -0.3 is 14.8 Å². The van der Waals surface area contributed by atoms with Gasteiger partial charge in [0, 0.05) is 24.2 Å². The molecule has 1 aromatic carbocycles. The van der Waals surface area contributed by atoms with E-state index >= 15 is 0 Å². The van der Waals surface area contributed by atoms with Crippen molar-refractivity contribution in [3.63, 3.8) is 0 Å². The first-order chi connectivity index (χ1) is 12.5. The van der Waals surface area contributed by atoms with Gasteiger partial charge in [-0.2, -0.15) is 0 Å². The molecule has 2 aliphatic rings. The first-order valence-electron chi connectivity index (χ1n) is 9.62. The van der Waals surface area contributed by atoms with Gasteiger partial charge in [-0.15, -0.1) is 12.4 Å². The van der Waals surface area contributed by atoms with Crippen molar-refractivity contribution in [1.82, 2.24) is 14.8 Å². The summed E-state index contributed by atoms with van der Waals surface area (Å²) >= 11 is 0. The first-order valence-corrected chi connectivity index (χ1v) is 9.62. The Labute approximate surface area is 166 Å². The van der Waals surface area contributed by atoms with E-state index in [1.54, 1.807) is 10.6 Å². The minimum Gasteiger partial charge on any atom is -0.349 e. The summed E-state index contributed by atoms with van der Waals surface area (Å²) in [5.74, 6) is -0.232. The molecule has 1 N–H and O–H groups in total. The van der Waals surface area contributed by atoms with Crippen LogP contribution in [-0.4, -0.2) is 40.5 Å². The zero-order chi connectivity index (χ0) is 18.4. The molecule has 2 bridgehead atoms. The molecule has 0 radical (unpaired) electrons. The number of nitrogens with one attached hydrogen (secondary N) is 1. The smallest absolute Gasteiger partial charge is 0.264 e. The summed E-state index contributed by atoms with van der Waals surface area (Å²) in [5.41, 5.74) is 0.928. The van der Waals surface area contributed by atoms with Gasteiger partial charge >= 0.3 is 0 Å². The fraction of sp³-hybridized carbons (Fsp3) is 0.524. The van der Waals surface area contributed by atoms with E-state index in [0.717, 1.165) is 23.7 Å². The number of fused-ring (bicyclic) bond motifs is 3. The van der Waals surface area contributed by atoms with Crippen molar-refractivity contribution in [2.45, 2.75) is 63.7 Å². The molecule has 27 heavy (non-hydrogen) atoms. The summed E-state index contributed by atoms with van der Waals surface area (Å²) in [7, 11) is 2.19. The Kier molecular flexibility index (Phi) is 5.63. The molecule has 0 saturated carbocycles. The third kappa shape index (κ3) is 3.50. The molecule has 1 aromatic heterocycles. The van der Waals surface area contributed by atoms with E-state index < -0.39 is 0 Å². The molecule has 1 amide bonds. The Bertz CT molecular complexity index is 894. The number of amides is 1. The average molecular weight is 390 g/mol. The third-order valence-corrected chi connectivity index (χ3v) is 6.14. The standard InChI is InChI=1S/C21H27N3O2.ClH/c1-13(2)24-19-7-5-4-6-14(19)10-18(21(24)26)20(25)22-15-11-16-8-9-17(12-15)23(16)3;/h4-7,10,13,15-17H,8-9,11-12H2,1-3H3,(H,22,25);1H. The number of para-hydroxylation sites is 1. The molecule has 6 heteroatoms. The molecule has 3 heterocycles. The molecular weight excluding hydrogens is 362 g/mol. The minimum atomic E-state index is -0.232. The van der Waals surface area contributed by atoms with Crippen LogP contribution in [0.4, 0.5) is 0 Å². The van der Waals surface area contributed by atoms with Gasteiger partial charge in [-0.1, -0.05) is 18.2 Å². The van der Waals surface area contributed by atoms with Crippen LogP contribution >= 0.6 is 12.4 Å². The van der Waals surface area contributed by atoms with Crippen LogP contribution in [-0.2, 0) is 0 Å². The predicted octanol–water partition coefficient (Wildman–Crippen LogP) is 3.36. The van der Waals surface area contributed by atoms with Gasteiger partial charge in [0.25, 0.3) is 11.5 Å². The lowest BCUT2D eigenvalue weighted by Crippen LogP contribution is -2.49. The zero-order valence-electron chi connectivity index (χ0n) is 16.1. The molecule has 4 rings (SSSR count). The maximum Gasteiger partial charge on any atom is 0.264 e. The molecule has 2 fully saturated rings. The summed E-state index contributed by atoms with van der Waals surface area (Å²) < 4.78 is 1.72. The highest BCUT2D eigenvalue weighted by molar-refractivity contribution is 5.97. The van der Waals surface area contributed by atoms with Crippen molar-refractivity contribution in [2.75, 3.05) is 7.05 Å². The first kappa shape index (κ1) is 19.9. The van der Waals surface area contributed by atoms with Crippen molar-refractivity contribution < 1.29 is 4.79 Å². The molecule has 0 spiro atoms. The Hall–Kier alpha value is -1.85. The van der Waals surface area contributed by atoms with E-state index in [1.807, 2.05) is 38.1 Å². The second-order valence-electron chi connectivity index (χ2n) is 8.08. The van der Waals surface area contributed by atoms with E-state index in [1.165, 1.54) is 12.8 Å². The predicted molar refractivity (Wildman–Crippen MR) is 111 cm³/mol. The number of aromatic nitrogens is 1. The largest absolute Gasteiger partial charge is 0.349 e. The van der Waals surface area contributed by atoms with Crippen LogP contribution in [0.25, 0.3) is 10.9 Å². The topological polar surface area (TPSA) is 54.3 Å². The second kappa shape index (κ2) is 7.64. The highest BCUT2D eigenvalue weighted by Gasteiger charge is 2.39. The van der Waals surface area contributed by atoms with E-state index in [2.05, 4.69) is 17.3 Å². The van der Waals surface area contributed by atoms with Crippen molar-refractivity contribution >= 4 is 29.2 Å². The van der Waals surface area contributed by atoms with Crippen LogP contribution in [0.1, 0.15) is 55.9 Å². The van der Waals surface area contributed by atoms with E-state index in [4.69, 9.17) is 0 Å². The lowest BCUT2D eigenvalue weighted by atomic mass is 9.97. The van der Waals surface area contributed by atoms with Gasteiger partial charge in [-0.3, -0.25) is 9.59 Å². The Morgan fingerprint density at radius 1 is 1.15 bits per heavy atom. The van der Waals surface area contributed by atoms with Crippen molar-refractivity contribution in [3.8, 4) is 0 Å². The number of halogens is 1. The number of nitrogens with zero attached hydrogens (tertiary/aromatic N) is 2. The third-order valence-electron chi connectivity index (χ3n) is 6.14. The summed E-state index contributed by atoms with van der Waals surface area (Å²) in [5, 5.41) is 4.07. The van der Waals surface area contributed by atoms with Crippen LogP contribution < -0.4 is 10.9 Å². The monoisotopic (exact) mass is 389 g/mol. The quantitative estimate of drug-likeness (QED) is 0.875. The minimum absolute atomic E-state index is 0. The molecule has 146 valence electrons. The lowest BCUT2D eigenvalue weighted by Gasteiger charge is -2.36. The molecule has 2 atom stereocenters. The van der Waals surface area contributed by atoms with Crippen LogP contribution in [0.5, 0.6) is 0 Å². The van der Waals surface area contributed by atoms with Gasteiger partial charge in [0.05, 0.1) is 5.52 Å². The fourth-order valence-corrected chi connectivity index (χ4v) is 4.75. The maximum absolute atomic E-state index is 13.0. The summed E-state index contributed by atoms with van der Waals surface area (Å²) in [6.45, 7) is 3.95. The Morgan fingerprint density at radius 3 is 2.41 bits per heavy atom. The molecule has 2 aliphatic heterocycles. The second-order valence-corrected chi connectivity index (χ2v) is 8.08. The van der Waals surface area contributed by atoms with Crippen molar-refractivity contribution in [3.05, 3.63) is 46.2 Å². The SMILES string of the molecule is CC(C)n1c(=O)c(C(=O)NC2CC3CCC(C2)N3C)cc2ccccc21.Cl. The number of benzene rings is 1. The number of carbonyl (C=O) groups is 1. The molecule has 0 aliphatic carbocycles. The lowest BCUT2D eigenvalue weighted by molar-refractivity contribution is 0.0880. The van der Waals surface area contributed by atoms with Crippen LogP contribution in [0.15, 0.2) is 35.1 Å². The Morgan fingerprint density at radius 2 is 1.78 bits per heavy atom. The van der Waals surface area contributed by atoms with Crippen LogP contribution in [0.3, 0.4) is 0 Å².